The Morgan fingerprint density at radius 1 is 0.192 bits per heavy atom. The summed E-state index contributed by atoms with van der Waals surface area (Å²) in [4.78, 5) is 35.4. The number of hydrogen-bond donors (Lipinski definition) is 0. The van der Waals surface area contributed by atoms with Crippen molar-refractivity contribution in [1.29, 1.82) is 0 Å². The molecule has 0 spiro atoms. The molecule has 426 valence electrons. The maximum atomic E-state index is 9.75. The fourth-order valence-corrected chi connectivity index (χ4v) is 5.49. The van der Waals surface area contributed by atoms with Crippen LogP contribution in [-0.2, 0) is 34.1 Å². The largest absolute Gasteiger partial charge is 2.00 e. The van der Waals surface area contributed by atoms with Gasteiger partial charge in [-0.3, -0.25) is 39.9 Å². The Balaban J connectivity index is 0. The number of aryl methyl sites for hydroxylation is 8. The summed E-state index contributed by atoms with van der Waals surface area (Å²) in [5, 5.41) is 0. The van der Waals surface area contributed by atoms with Crippen LogP contribution in [0.3, 0.4) is 0 Å². The van der Waals surface area contributed by atoms with Crippen molar-refractivity contribution in [2.24, 2.45) is 0 Å². The van der Waals surface area contributed by atoms with Gasteiger partial charge in [0.15, 0.2) is 0 Å². The fraction of sp³-hybridized carbons (Fsp3) is 0.167. The molecule has 0 saturated carbocycles. The van der Waals surface area contributed by atoms with E-state index in [0.29, 0.717) is 0 Å². The Hall–Kier alpha value is -6.62. The summed E-state index contributed by atoms with van der Waals surface area (Å²) in [7, 11) is -24.0. The molecule has 30 heteroatoms. The van der Waals surface area contributed by atoms with Gasteiger partial charge in [0.25, 0.3) is 0 Å². The Morgan fingerprint density at radius 3 is 0.333 bits per heavy atom. The van der Waals surface area contributed by atoms with Crippen LogP contribution in [0.2, 0.25) is 0 Å². The average Bonchev–Trinajstić information content (AvgIpc) is 3.28. The van der Waals surface area contributed by atoms with Crippen molar-refractivity contribution in [2.75, 3.05) is 0 Å². The molecule has 0 unspecified atom stereocenters. The fourth-order valence-electron chi connectivity index (χ4n) is 5.49. The molecule has 2 radical (unpaired) electrons. The molecule has 0 aliphatic heterocycles. The number of hydrogen-bond acceptors (Lipinski definition) is 8. The molecule has 0 atom stereocenters. The summed E-state index contributed by atoms with van der Waals surface area (Å²) in [6.07, 6.45) is 0. The summed E-state index contributed by atoms with van der Waals surface area (Å²) in [6, 6.07) is 47.7. The zero-order valence-corrected chi connectivity index (χ0v) is 44.3. The van der Waals surface area contributed by atoms with Gasteiger partial charge in [0.2, 0.25) is 0 Å². The minimum absolute atomic E-state index is 0. The van der Waals surface area contributed by atoms with Crippen LogP contribution in [0.5, 0.6) is 0 Å². The van der Waals surface area contributed by atoms with Crippen LogP contribution in [-0.4, -0.2) is 68.9 Å². The average molecular weight is 1210 g/mol. The van der Waals surface area contributed by atoms with Crippen LogP contribution >= 0.6 is 0 Å². The maximum Gasteiger partial charge on any atom is 2.00 e. The second-order valence-electron chi connectivity index (χ2n) is 15.3. The Labute approximate surface area is 462 Å². The van der Waals surface area contributed by atoms with E-state index < -0.39 is 29.0 Å². The van der Waals surface area contributed by atoms with E-state index >= 15 is 0 Å². The third kappa shape index (κ3) is 40.6. The Morgan fingerprint density at radius 2 is 0.269 bits per heavy atom. The predicted octanol–water partition coefficient (Wildman–Crippen LogP) is 16.2. The van der Waals surface area contributed by atoms with E-state index in [1.165, 1.54) is 0 Å². The minimum Gasteiger partial charge on any atom is -0.418 e. The number of aromatic nitrogens is 8. The SMILES string of the molecule is Cc1cccc(-c2cccc(C)n2)n1.Cc1cccc(-c2cccc(C)n2)n1.Cc1cccc(-c2cccc(C)n2)n1.Cc1cccc(-c2cccc(C)n2)n1.F[B-](F)(F)F.F[B-](F)(F)F.F[B-](F)(F)F.F[B-](F)(F)F.[Cu+2].[Cu+2]. The molecular formula is C48H48B4Cu2F16N8. The molecule has 0 N–H and O–H groups in total. The zero-order chi connectivity index (χ0) is 57.9. The smallest absolute Gasteiger partial charge is 0.418 e. The van der Waals surface area contributed by atoms with Gasteiger partial charge < -0.3 is 69.1 Å². The van der Waals surface area contributed by atoms with E-state index in [1.54, 1.807) is 0 Å². The molecule has 8 aromatic heterocycles. The van der Waals surface area contributed by atoms with Crippen molar-refractivity contribution in [1.82, 2.24) is 39.9 Å². The molecule has 0 aromatic carbocycles. The van der Waals surface area contributed by atoms with Crippen molar-refractivity contribution < 1.29 is 103 Å². The molecule has 78 heavy (non-hydrogen) atoms. The Bertz CT molecular complexity index is 2380. The van der Waals surface area contributed by atoms with E-state index in [-0.39, 0.29) is 34.1 Å². The number of nitrogens with zero attached hydrogens (tertiary/aromatic N) is 8. The first-order chi connectivity index (χ1) is 35.0. The van der Waals surface area contributed by atoms with Crippen LogP contribution < -0.4 is 0 Å². The number of halogens is 16. The summed E-state index contributed by atoms with van der Waals surface area (Å²) in [5.41, 5.74) is 15.7. The number of rotatable bonds is 4. The van der Waals surface area contributed by atoms with Crippen LogP contribution in [0.15, 0.2) is 146 Å². The van der Waals surface area contributed by atoms with E-state index in [0.717, 1.165) is 91.1 Å². The molecule has 8 nitrogen and oxygen atoms in total. The van der Waals surface area contributed by atoms with Crippen LogP contribution in [0, 0.1) is 55.4 Å². The molecule has 8 aromatic rings. The third-order valence-corrected chi connectivity index (χ3v) is 8.16. The molecule has 0 saturated heterocycles. The van der Waals surface area contributed by atoms with Crippen molar-refractivity contribution >= 4 is 29.0 Å². The molecular weight excluding hydrogens is 1160 g/mol. The second-order valence-corrected chi connectivity index (χ2v) is 15.3. The molecule has 8 rings (SSSR count). The quantitative estimate of drug-likeness (QED) is 0.127. The van der Waals surface area contributed by atoms with Crippen molar-refractivity contribution in [2.45, 2.75) is 55.4 Å². The van der Waals surface area contributed by atoms with E-state index in [2.05, 4.69) is 39.9 Å². The first kappa shape index (κ1) is 73.5. The topological polar surface area (TPSA) is 103 Å². The van der Waals surface area contributed by atoms with E-state index in [1.807, 2.05) is 201 Å². The van der Waals surface area contributed by atoms with Crippen molar-refractivity contribution in [3.05, 3.63) is 191 Å². The van der Waals surface area contributed by atoms with Gasteiger partial charge in [-0.05, 0) is 152 Å². The second kappa shape index (κ2) is 35.7. The zero-order valence-electron chi connectivity index (χ0n) is 42.4. The van der Waals surface area contributed by atoms with Gasteiger partial charge in [0, 0.05) is 45.6 Å². The van der Waals surface area contributed by atoms with Crippen molar-refractivity contribution in [3.8, 4) is 45.6 Å². The molecule has 0 bridgehead atoms. The van der Waals surface area contributed by atoms with Gasteiger partial charge in [-0.25, -0.2) is 0 Å². The molecule has 0 aliphatic rings. The van der Waals surface area contributed by atoms with Crippen LogP contribution in [0.1, 0.15) is 45.6 Å². The molecule has 0 amide bonds. The minimum atomic E-state index is -6.00. The molecule has 0 fully saturated rings. The van der Waals surface area contributed by atoms with Gasteiger partial charge in [-0.15, -0.1) is 0 Å². The number of pyridine rings is 8. The molecule has 8 heterocycles. The predicted molar refractivity (Wildman–Crippen MR) is 269 cm³/mol. The van der Waals surface area contributed by atoms with Crippen LogP contribution in [0.25, 0.3) is 45.6 Å². The maximum absolute atomic E-state index is 9.75. The molecule has 0 aliphatic carbocycles. The van der Waals surface area contributed by atoms with E-state index in [4.69, 9.17) is 0 Å². The summed E-state index contributed by atoms with van der Waals surface area (Å²) < 4.78 is 156. The van der Waals surface area contributed by atoms with Crippen molar-refractivity contribution in [3.63, 3.8) is 0 Å². The Kier molecular flexibility index (Phi) is 33.6. The van der Waals surface area contributed by atoms with E-state index in [9.17, 15) is 69.1 Å². The third-order valence-electron chi connectivity index (χ3n) is 8.16. The van der Waals surface area contributed by atoms with Gasteiger partial charge in [-0.1, -0.05) is 48.5 Å². The van der Waals surface area contributed by atoms with Crippen LogP contribution in [0.4, 0.5) is 69.1 Å². The monoisotopic (exact) mass is 1210 g/mol. The van der Waals surface area contributed by atoms with Gasteiger partial charge in [-0.2, -0.15) is 0 Å². The standard InChI is InChI=1S/4C12H12N2.4BF4.2Cu/c4*1-9-5-3-7-11(13-9)12-8-4-6-10(2)14-12;4*2-1(3,4)5;;/h4*3-8H,1-2H3;;;;;;/q;;;;4*-1;2*+2. The van der Waals surface area contributed by atoms with Gasteiger partial charge in [0.1, 0.15) is 0 Å². The summed E-state index contributed by atoms with van der Waals surface area (Å²) >= 11 is 0. The summed E-state index contributed by atoms with van der Waals surface area (Å²) in [6.45, 7) is 15.9. The summed E-state index contributed by atoms with van der Waals surface area (Å²) in [5.74, 6) is 0. The van der Waals surface area contributed by atoms with Gasteiger partial charge >= 0.3 is 63.2 Å². The first-order valence-electron chi connectivity index (χ1n) is 22.0. The normalized spacial score (nSPS) is 10.4. The van der Waals surface area contributed by atoms with Gasteiger partial charge in [0.05, 0.1) is 45.6 Å². The first-order valence-corrected chi connectivity index (χ1v) is 22.0.